The molecular weight excluding hydrogens is 368 g/mol. The fourth-order valence-corrected chi connectivity index (χ4v) is 4.87. The highest BCUT2D eigenvalue weighted by Gasteiger charge is 2.43. The molecule has 0 atom stereocenters. The van der Waals surface area contributed by atoms with Gasteiger partial charge in [0.1, 0.15) is 5.69 Å². The third kappa shape index (κ3) is 4.92. The maximum Gasteiger partial charge on any atom is 0.271 e. The molecule has 2 aromatic rings. The molecule has 0 aliphatic carbocycles. The molecule has 0 radical (unpaired) electrons. The van der Waals surface area contributed by atoms with Crippen LogP contribution in [-0.4, -0.2) is 46.5 Å². The second-order valence-electron chi connectivity index (χ2n) is 8.96. The zero-order valence-corrected chi connectivity index (χ0v) is 18.4. The van der Waals surface area contributed by atoms with Crippen molar-refractivity contribution >= 4 is 22.4 Å². The van der Waals surface area contributed by atoms with Gasteiger partial charge in [-0.1, -0.05) is 30.3 Å². The van der Waals surface area contributed by atoms with Crippen LogP contribution < -0.4 is 10.6 Å². The summed E-state index contributed by atoms with van der Waals surface area (Å²) in [4.78, 5) is 19.6. The molecule has 1 fully saturated rings. The topological polar surface area (TPSA) is 57.3 Å². The number of aromatic nitrogens is 1. The van der Waals surface area contributed by atoms with Crippen molar-refractivity contribution in [3.05, 3.63) is 47.0 Å². The average molecular weight is 401 g/mol. The van der Waals surface area contributed by atoms with Gasteiger partial charge in [-0.3, -0.25) is 9.69 Å². The monoisotopic (exact) mass is 400 g/mol. The second kappa shape index (κ2) is 8.21. The smallest absolute Gasteiger partial charge is 0.271 e. The van der Waals surface area contributed by atoms with Gasteiger partial charge in [-0.15, -0.1) is 11.3 Å². The van der Waals surface area contributed by atoms with Gasteiger partial charge in [0.2, 0.25) is 0 Å². The number of likely N-dealkylation sites (tertiary alicyclic amines) is 1. The fourth-order valence-electron chi connectivity index (χ4n) is 4.15. The molecule has 3 rings (SSSR count). The van der Waals surface area contributed by atoms with Gasteiger partial charge in [0.15, 0.2) is 5.13 Å². The minimum Gasteiger partial charge on any atom is -0.361 e. The van der Waals surface area contributed by atoms with E-state index in [1.165, 1.54) is 16.9 Å². The highest BCUT2D eigenvalue weighted by molar-refractivity contribution is 7.13. The van der Waals surface area contributed by atoms with Crippen LogP contribution in [-0.2, 0) is 6.42 Å². The summed E-state index contributed by atoms with van der Waals surface area (Å²) in [5.74, 6) is -0.0755. The van der Waals surface area contributed by atoms with Gasteiger partial charge < -0.3 is 10.6 Å². The van der Waals surface area contributed by atoms with E-state index in [0.717, 1.165) is 30.9 Å². The van der Waals surface area contributed by atoms with Crippen LogP contribution >= 0.6 is 11.3 Å². The summed E-state index contributed by atoms with van der Waals surface area (Å²) in [7, 11) is 2.17. The summed E-state index contributed by atoms with van der Waals surface area (Å²) >= 11 is 1.48. The van der Waals surface area contributed by atoms with E-state index in [1.54, 1.807) is 0 Å². The molecular formula is C22H32N4OS. The number of rotatable bonds is 6. The molecule has 152 valence electrons. The van der Waals surface area contributed by atoms with Gasteiger partial charge in [0.25, 0.3) is 5.91 Å². The standard InChI is InChI=1S/C22H32N4OS/c1-21(2)13-17(14-22(3,4)26(21)5)24-19(27)18-15-28-20(25-18)23-12-11-16-9-7-6-8-10-16/h6-10,15,17H,11-14H2,1-5H3,(H,23,25)(H,24,27). The van der Waals surface area contributed by atoms with Gasteiger partial charge in [0, 0.05) is 29.0 Å². The summed E-state index contributed by atoms with van der Waals surface area (Å²) < 4.78 is 0. The fraction of sp³-hybridized carbons (Fsp3) is 0.545. The van der Waals surface area contributed by atoms with Crippen molar-refractivity contribution in [3.8, 4) is 0 Å². The SMILES string of the molecule is CN1C(C)(C)CC(NC(=O)c2csc(NCCc3ccccc3)n2)CC1(C)C. The average Bonchev–Trinajstić information content (AvgIpc) is 3.09. The zero-order chi connectivity index (χ0) is 20.4. The Hall–Kier alpha value is -1.92. The maximum atomic E-state index is 12.7. The van der Waals surface area contributed by atoms with Crippen molar-refractivity contribution < 1.29 is 4.79 Å². The first-order valence-electron chi connectivity index (χ1n) is 9.95. The molecule has 2 heterocycles. The number of carbonyl (C=O) groups excluding carboxylic acids is 1. The van der Waals surface area contributed by atoms with Crippen LogP contribution in [0.2, 0.25) is 0 Å². The van der Waals surface area contributed by atoms with Gasteiger partial charge in [0.05, 0.1) is 0 Å². The van der Waals surface area contributed by atoms with Crippen LogP contribution in [0.3, 0.4) is 0 Å². The van der Waals surface area contributed by atoms with Gasteiger partial charge in [-0.25, -0.2) is 4.98 Å². The lowest BCUT2D eigenvalue weighted by Gasteiger charge is -2.53. The molecule has 1 aromatic heterocycles. The largest absolute Gasteiger partial charge is 0.361 e. The number of hydrogen-bond donors (Lipinski definition) is 2. The molecule has 0 unspecified atom stereocenters. The van der Waals surface area contributed by atoms with Gasteiger partial charge in [-0.05, 0) is 59.6 Å². The second-order valence-corrected chi connectivity index (χ2v) is 9.82. The predicted molar refractivity (Wildman–Crippen MR) is 117 cm³/mol. The molecule has 6 heteroatoms. The van der Waals surface area contributed by atoms with E-state index in [1.807, 2.05) is 23.6 Å². The highest BCUT2D eigenvalue weighted by Crippen LogP contribution is 2.36. The van der Waals surface area contributed by atoms with Crippen LogP contribution in [0.4, 0.5) is 5.13 Å². The molecule has 1 amide bonds. The number of amides is 1. The van der Waals surface area contributed by atoms with Crippen LogP contribution in [0.15, 0.2) is 35.7 Å². The summed E-state index contributed by atoms with van der Waals surface area (Å²) in [6, 6.07) is 10.5. The van der Waals surface area contributed by atoms with Crippen molar-refractivity contribution in [1.29, 1.82) is 0 Å². The van der Waals surface area contributed by atoms with Crippen molar-refractivity contribution in [2.45, 2.75) is 64.1 Å². The Morgan fingerprint density at radius 2 is 1.82 bits per heavy atom. The lowest BCUT2D eigenvalue weighted by Crippen LogP contribution is -2.62. The van der Waals surface area contributed by atoms with Crippen molar-refractivity contribution in [1.82, 2.24) is 15.2 Å². The Bertz CT molecular complexity index is 782. The lowest BCUT2D eigenvalue weighted by atomic mass is 9.77. The van der Waals surface area contributed by atoms with E-state index >= 15 is 0 Å². The van der Waals surface area contributed by atoms with Crippen LogP contribution in [0.1, 0.15) is 56.6 Å². The first-order chi connectivity index (χ1) is 13.2. The van der Waals surface area contributed by atoms with E-state index in [2.05, 4.69) is 67.4 Å². The molecule has 1 aromatic carbocycles. The lowest BCUT2D eigenvalue weighted by molar-refractivity contribution is -0.0169. The van der Waals surface area contributed by atoms with Gasteiger partial charge >= 0.3 is 0 Å². The normalized spacial score (nSPS) is 19.3. The molecule has 0 saturated carbocycles. The van der Waals surface area contributed by atoms with E-state index in [0.29, 0.717) is 5.69 Å². The first kappa shape index (κ1) is 20.8. The molecule has 0 bridgehead atoms. The van der Waals surface area contributed by atoms with Gasteiger partial charge in [-0.2, -0.15) is 0 Å². The molecule has 2 N–H and O–H groups in total. The molecule has 1 saturated heterocycles. The van der Waals surface area contributed by atoms with Crippen molar-refractivity contribution in [2.24, 2.45) is 0 Å². The molecule has 0 spiro atoms. The first-order valence-corrected chi connectivity index (χ1v) is 10.8. The van der Waals surface area contributed by atoms with E-state index in [4.69, 9.17) is 0 Å². The third-order valence-electron chi connectivity index (χ3n) is 5.91. The minimum atomic E-state index is -0.0755. The van der Waals surface area contributed by atoms with Crippen molar-refractivity contribution in [3.63, 3.8) is 0 Å². The summed E-state index contributed by atoms with van der Waals surface area (Å²) in [6.07, 6.45) is 2.80. The number of hydrogen-bond acceptors (Lipinski definition) is 5. The third-order valence-corrected chi connectivity index (χ3v) is 6.71. The van der Waals surface area contributed by atoms with Crippen LogP contribution in [0, 0.1) is 0 Å². The zero-order valence-electron chi connectivity index (χ0n) is 17.6. The molecule has 28 heavy (non-hydrogen) atoms. The molecule has 1 aliphatic heterocycles. The molecule has 5 nitrogen and oxygen atoms in total. The maximum absolute atomic E-state index is 12.7. The predicted octanol–water partition coefficient (Wildman–Crippen LogP) is 4.18. The Balaban J connectivity index is 1.54. The number of benzene rings is 1. The quantitative estimate of drug-likeness (QED) is 0.764. The number of carbonyl (C=O) groups is 1. The molecule has 1 aliphatic rings. The van der Waals surface area contributed by atoms with Crippen LogP contribution in [0.25, 0.3) is 0 Å². The highest BCUT2D eigenvalue weighted by atomic mass is 32.1. The summed E-state index contributed by atoms with van der Waals surface area (Å²) in [5, 5.41) is 9.17. The summed E-state index contributed by atoms with van der Waals surface area (Å²) in [6.45, 7) is 9.76. The number of thiazole rings is 1. The van der Waals surface area contributed by atoms with Crippen molar-refractivity contribution in [2.75, 3.05) is 18.9 Å². The number of nitrogens with one attached hydrogen (secondary N) is 2. The van der Waals surface area contributed by atoms with E-state index < -0.39 is 0 Å². The minimum absolute atomic E-state index is 0.0475. The Morgan fingerprint density at radius 3 is 2.46 bits per heavy atom. The number of piperidine rings is 1. The van der Waals surface area contributed by atoms with E-state index in [9.17, 15) is 4.79 Å². The number of nitrogens with zero attached hydrogens (tertiary/aromatic N) is 2. The Morgan fingerprint density at radius 1 is 1.18 bits per heavy atom. The Kier molecular flexibility index (Phi) is 6.10. The number of anilines is 1. The van der Waals surface area contributed by atoms with E-state index in [-0.39, 0.29) is 23.0 Å². The van der Waals surface area contributed by atoms with Crippen LogP contribution in [0.5, 0.6) is 0 Å². The Labute approximate surface area is 172 Å². The summed E-state index contributed by atoms with van der Waals surface area (Å²) in [5.41, 5.74) is 1.89.